The predicted octanol–water partition coefficient (Wildman–Crippen LogP) is 4.84. The lowest BCUT2D eigenvalue weighted by atomic mass is 10.0. The monoisotopic (exact) mass is 322 g/mol. The van der Waals surface area contributed by atoms with Crippen molar-refractivity contribution in [3.8, 4) is 0 Å². The summed E-state index contributed by atoms with van der Waals surface area (Å²) in [4.78, 5) is 12.1. The Labute approximate surface area is 120 Å². The SMILES string of the molecule is Cc1ccc(C(=O)Cc2cccc(Br)c2)cc1Cl. The maximum atomic E-state index is 12.1. The highest BCUT2D eigenvalue weighted by molar-refractivity contribution is 9.10. The molecule has 0 saturated carbocycles. The number of carbonyl (C=O) groups excluding carboxylic acids is 1. The van der Waals surface area contributed by atoms with Crippen LogP contribution in [0.25, 0.3) is 0 Å². The van der Waals surface area contributed by atoms with Gasteiger partial charge in [-0.1, -0.05) is 51.8 Å². The molecule has 0 saturated heterocycles. The van der Waals surface area contributed by atoms with Crippen molar-refractivity contribution in [1.29, 1.82) is 0 Å². The van der Waals surface area contributed by atoms with Crippen molar-refractivity contribution in [3.63, 3.8) is 0 Å². The molecule has 0 aliphatic carbocycles. The van der Waals surface area contributed by atoms with Crippen LogP contribution in [-0.2, 0) is 6.42 Å². The molecule has 0 aromatic heterocycles. The third-order valence-electron chi connectivity index (χ3n) is 2.75. The molecular formula is C15H12BrClO. The fourth-order valence-electron chi connectivity index (χ4n) is 1.70. The lowest BCUT2D eigenvalue weighted by molar-refractivity contribution is 0.0993. The third kappa shape index (κ3) is 3.21. The van der Waals surface area contributed by atoms with E-state index in [4.69, 9.17) is 11.6 Å². The molecule has 3 heteroatoms. The number of rotatable bonds is 3. The molecule has 0 aliphatic heterocycles. The van der Waals surface area contributed by atoms with Crippen molar-refractivity contribution in [3.05, 3.63) is 68.7 Å². The van der Waals surface area contributed by atoms with Crippen LogP contribution in [0.1, 0.15) is 21.5 Å². The Morgan fingerprint density at radius 3 is 2.67 bits per heavy atom. The van der Waals surface area contributed by atoms with Crippen LogP contribution in [0.4, 0.5) is 0 Å². The van der Waals surface area contributed by atoms with Crippen LogP contribution >= 0.6 is 27.5 Å². The standard InChI is InChI=1S/C15H12BrClO/c1-10-5-6-12(9-14(10)17)15(18)8-11-3-2-4-13(16)7-11/h2-7,9H,8H2,1H3. The van der Waals surface area contributed by atoms with E-state index in [1.807, 2.05) is 43.3 Å². The summed E-state index contributed by atoms with van der Waals surface area (Å²) in [6.07, 6.45) is 0.388. The topological polar surface area (TPSA) is 17.1 Å². The van der Waals surface area contributed by atoms with E-state index >= 15 is 0 Å². The minimum Gasteiger partial charge on any atom is -0.294 e. The zero-order valence-corrected chi connectivity index (χ0v) is 12.3. The van der Waals surface area contributed by atoms with Crippen molar-refractivity contribution in [2.24, 2.45) is 0 Å². The van der Waals surface area contributed by atoms with Gasteiger partial charge in [0.05, 0.1) is 0 Å². The van der Waals surface area contributed by atoms with Gasteiger partial charge < -0.3 is 0 Å². The van der Waals surface area contributed by atoms with Gasteiger partial charge in [0.15, 0.2) is 5.78 Å². The zero-order chi connectivity index (χ0) is 13.1. The number of halogens is 2. The molecule has 0 fully saturated rings. The quantitative estimate of drug-likeness (QED) is 0.739. The van der Waals surface area contributed by atoms with E-state index in [-0.39, 0.29) is 5.78 Å². The van der Waals surface area contributed by atoms with E-state index in [1.165, 1.54) is 0 Å². The van der Waals surface area contributed by atoms with Gasteiger partial charge in [-0.2, -0.15) is 0 Å². The molecule has 0 aliphatic rings. The molecular weight excluding hydrogens is 312 g/mol. The van der Waals surface area contributed by atoms with E-state index in [9.17, 15) is 4.79 Å². The summed E-state index contributed by atoms with van der Waals surface area (Å²) >= 11 is 9.42. The second kappa shape index (κ2) is 5.68. The Hall–Kier alpha value is -1.12. The summed E-state index contributed by atoms with van der Waals surface area (Å²) in [5.74, 6) is 0.0787. The summed E-state index contributed by atoms with van der Waals surface area (Å²) in [5.41, 5.74) is 2.63. The fraction of sp³-hybridized carbons (Fsp3) is 0.133. The van der Waals surface area contributed by atoms with Crippen LogP contribution in [0.3, 0.4) is 0 Å². The second-order valence-electron chi connectivity index (χ2n) is 4.19. The first-order valence-corrected chi connectivity index (χ1v) is 6.77. The summed E-state index contributed by atoms with van der Waals surface area (Å²) in [5, 5.41) is 0.634. The Balaban J connectivity index is 2.19. The van der Waals surface area contributed by atoms with Gasteiger partial charge in [-0.25, -0.2) is 0 Å². The molecule has 2 aromatic carbocycles. The molecule has 18 heavy (non-hydrogen) atoms. The van der Waals surface area contributed by atoms with Crippen molar-refractivity contribution in [2.75, 3.05) is 0 Å². The summed E-state index contributed by atoms with van der Waals surface area (Å²) < 4.78 is 0.981. The maximum Gasteiger partial charge on any atom is 0.167 e. The zero-order valence-electron chi connectivity index (χ0n) is 9.91. The average molecular weight is 324 g/mol. The highest BCUT2D eigenvalue weighted by Crippen LogP contribution is 2.19. The van der Waals surface area contributed by atoms with Crippen LogP contribution in [0.2, 0.25) is 5.02 Å². The van der Waals surface area contributed by atoms with Crippen molar-refractivity contribution < 1.29 is 4.79 Å². The van der Waals surface area contributed by atoms with Crippen molar-refractivity contribution in [2.45, 2.75) is 13.3 Å². The highest BCUT2D eigenvalue weighted by atomic mass is 79.9. The normalized spacial score (nSPS) is 10.4. The molecule has 92 valence electrons. The first-order valence-electron chi connectivity index (χ1n) is 5.60. The number of ketones is 1. The maximum absolute atomic E-state index is 12.1. The van der Waals surface area contributed by atoms with Gasteiger partial charge in [-0.3, -0.25) is 4.79 Å². The summed E-state index contributed by atoms with van der Waals surface area (Å²) in [6.45, 7) is 1.92. The molecule has 0 amide bonds. The van der Waals surface area contributed by atoms with E-state index in [2.05, 4.69) is 15.9 Å². The molecule has 0 heterocycles. The van der Waals surface area contributed by atoms with E-state index in [1.54, 1.807) is 6.07 Å². The first-order chi connectivity index (χ1) is 8.56. The number of carbonyl (C=O) groups is 1. The first kappa shape index (κ1) is 13.3. The van der Waals surface area contributed by atoms with Crippen molar-refractivity contribution in [1.82, 2.24) is 0 Å². The Morgan fingerprint density at radius 2 is 2.00 bits per heavy atom. The lowest BCUT2D eigenvalue weighted by Gasteiger charge is -2.04. The summed E-state index contributed by atoms with van der Waals surface area (Å²) in [7, 11) is 0. The molecule has 0 N–H and O–H groups in total. The molecule has 0 atom stereocenters. The smallest absolute Gasteiger partial charge is 0.167 e. The predicted molar refractivity (Wildman–Crippen MR) is 78.4 cm³/mol. The van der Waals surface area contributed by atoms with Crippen LogP contribution in [0.15, 0.2) is 46.9 Å². The number of hydrogen-bond donors (Lipinski definition) is 0. The molecule has 0 radical (unpaired) electrons. The lowest BCUT2D eigenvalue weighted by Crippen LogP contribution is -2.03. The van der Waals surface area contributed by atoms with Gasteiger partial charge in [-0.05, 0) is 36.2 Å². The molecule has 1 nitrogen and oxygen atoms in total. The van der Waals surface area contributed by atoms with Gasteiger partial charge >= 0.3 is 0 Å². The third-order valence-corrected chi connectivity index (χ3v) is 3.65. The van der Waals surface area contributed by atoms with Crippen LogP contribution < -0.4 is 0 Å². The minimum absolute atomic E-state index is 0.0787. The van der Waals surface area contributed by atoms with E-state index in [0.717, 1.165) is 15.6 Å². The number of Topliss-reactive ketones (excluding diaryl/α,β-unsaturated/α-hetero) is 1. The largest absolute Gasteiger partial charge is 0.294 e. The molecule has 0 spiro atoms. The van der Waals surface area contributed by atoms with Gasteiger partial charge in [0.1, 0.15) is 0 Å². The van der Waals surface area contributed by atoms with Crippen LogP contribution in [0, 0.1) is 6.92 Å². The Morgan fingerprint density at radius 1 is 1.22 bits per heavy atom. The summed E-state index contributed by atoms with van der Waals surface area (Å²) in [6, 6.07) is 13.2. The number of hydrogen-bond acceptors (Lipinski definition) is 1. The molecule has 2 aromatic rings. The second-order valence-corrected chi connectivity index (χ2v) is 5.52. The number of benzene rings is 2. The van der Waals surface area contributed by atoms with Gasteiger partial charge in [0, 0.05) is 21.5 Å². The highest BCUT2D eigenvalue weighted by Gasteiger charge is 2.08. The Bertz CT molecular complexity index is 593. The molecule has 0 bridgehead atoms. The minimum atomic E-state index is 0.0787. The van der Waals surface area contributed by atoms with Gasteiger partial charge in [-0.15, -0.1) is 0 Å². The van der Waals surface area contributed by atoms with E-state index < -0.39 is 0 Å². The molecule has 0 unspecified atom stereocenters. The van der Waals surface area contributed by atoms with Crippen LogP contribution in [-0.4, -0.2) is 5.78 Å². The average Bonchev–Trinajstić information content (AvgIpc) is 2.32. The van der Waals surface area contributed by atoms with Crippen molar-refractivity contribution >= 4 is 33.3 Å². The van der Waals surface area contributed by atoms with Gasteiger partial charge in [0.2, 0.25) is 0 Å². The molecule has 2 rings (SSSR count). The van der Waals surface area contributed by atoms with E-state index in [0.29, 0.717) is 17.0 Å². The number of aryl methyl sites for hydroxylation is 1. The van der Waals surface area contributed by atoms with Crippen LogP contribution in [0.5, 0.6) is 0 Å². The van der Waals surface area contributed by atoms with Gasteiger partial charge in [0.25, 0.3) is 0 Å². The Kier molecular flexibility index (Phi) is 4.20. The fourth-order valence-corrected chi connectivity index (χ4v) is 2.33.